The average molecular weight is 377 g/mol. The van der Waals surface area contributed by atoms with Crippen LogP contribution in [-0.4, -0.2) is 55.2 Å². The molecule has 0 spiro atoms. The van der Waals surface area contributed by atoms with Crippen molar-refractivity contribution in [2.45, 2.75) is 50.4 Å². The van der Waals surface area contributed by atoms with Crippen molar-refractivity contribution >= 4 is 12.6 Å². The van der Waals surface area contributed by atoms with Crippen molar-refractivity contribution in [2.24, 2.45) is 5.92 Å². The number of thiol groups is 1. The summed E-state index contributed by atoms with van der Waals surface area (Å²) >= 11 is 5.10. The molecule has 1 unspecified atom stereocenters. The second-order valence-electron chi connectivity index (χ2n) is 8.29. The first-order chi connectivity index (χ1) is 12.6. The van der Waals surface area contributed by atoms with Crippen molar-refractivity contribution in [1.29, 1.82) is 0 Å². The highest BCUT2D eigenvalue weighted by atomic mass is 32.1. The van der Waals surface area contributed by atoms with E-state index in [1.807, 2.05) is 6.07 Å². The third-order valence-electron chi connectivity index (χ3n) is 6.49. The van der Waals surface area contributed by atoms with Gasteiger partial charge in [0.25, 0.3) is 0 Å². The third-order valence-corrected chi connectivity index (χ3v) is 7.02. The van der Waals surface area contributed by atoms with Crippen LogP contribution < -0.4 is 9.47 Å². The minimum absolute atomic E-state index is 0.340. The van der Waals surface area contributed by atoms with Crippen LogP contribution in [0, 0.1) is 5.92 Å². The fourth-order valence-electron chi connectivity index (χ4n) is 4.68. The van der Waals surface area contributed by atoms with Gasteiger partial charge in [-0.1, -0.05) is 19.1 Å². The van der Waals surface area contributed by atoms with Gasteiger partial charge in [0.05, 0.1) is 4.87 Å². The maximum absolute atomic E-state index is 5.95. The Labute approximate surface area is 163 Å². The van der Waals surface area contributed by atoms with Crippen molar-refractivity contribution in [2.75, 3.05) is 39.4 Å². The Morgan fingerprint density at radius 2 is 1.69 bits per heavy atom. The van der Waals surface area contributed by atoms with E-state index in [2.05, 4.69) is 35.8 Å². The summed E-state index contributed by atoms with van der Waals surface area (Å²) in [5.41, 5.74) is 1.13. The van der Waals surface area contributed by atoms with Gasteiger partial charge < -0.3 is 14.4 Å². The molecular weight excluding hydrogens is 344 g/mol. The van der Waals surface area contributed by atoms with Crippen molar-refractivity contribution in [3.05, 3.63) is 23.8 Å². The van der Waals surface area contributed by atoms with Crippen LogP contribution in [0.5, 0.6) is 11.5 Å². The molecule has 3 aliphatic rings. The fraction of sp³-hybridized carbons (Fsp3) is 0.714. The quantitative estimate of drug-likeness (QED) is 0.812. The first kappa shape index (κ1) is 18.5. The molecule has 4 nitrogen and oxygen atoms in total. The molecule has 26 heavy (non-hydrogen) atoms. The van der Waals surface area contributed by atoms with Gasteiger partial charge in [-0.15, -0.1) is 0 Å². The van der Waals surface area contributed by atoms with Crippen LogP contribution in [0.4, 0.5) is 0 Å². The zero-order chi connectivity index (χ0) is 18.1. The lowest BCUT2D eigenvalue weighted by Crippen LogP contribution is -2.51. The van der Waals surface area contributed by atoms with E-state index in [1.165, 1.54) is 38.8 Å². The van der Waals surface area contributed by atoms with E-state index in [1.54, 1.807) is 0 Å². The zero-order valence-electron chi connectivity index (χ0n) is 16.1. The molecule has 1 aromatic carbocycles. The van der Waals surface area contributed by atoms with Gasteiger partial charge in [0, 0.05) is 24.7 Å². The van der Waals surface area contributed by atoms with Crippen LogP contribution >= 0.6 is 12.6 Å². The molecule has 144 valence electrons. The minimum atomic E-state index is -0.340. The highest BCUT2D eigenvalue weighted by Crippen LogP contribution is 2.44. The van der Waals surface area contributed by atoms with Crippen molar-refractivity contribution < 1.29 is 9.47 Å². The lowest BCUT2D eigenvalue weighted by atomic mass is 9.93. The summed E-state index contributed by atoms with van der Waals surface area (Å²) in [5.74, 6) is 2.63. The maximum atomic E-state index is 5.95. The summed E-state index contributed by atoms with van der Waals surface area (Å²) in [4.78, 5) is 4.90. The van der Waals surface area contributed by atoms with Crippen LogP contribution in [-0.2, 0) is 4.87 Å². The standard InChI is InChI=1S/C21H32N2O2S/c1-16-6-10-22(11-7-16)17-8-12-23(13-9-17)21(2,26)18-4-3-5-19-20(18)25-15-14-24-19/h3-5,16-17,26H,6-15H2,1-2H3. The Morgan fingerprint density at radius 3 is 2.42 bits per heavy atom. The number of rotatable bonds is 3. The van der Waals surface area contributed by atoms with E-state index < -0.39 is 0 Å². The van der Waals surface area contributed by atoms with Gasteiger partial charge in [-0.2, -0.15) is 12.6 Å². The molecule has 0 aliphatic carbocycles. The Kier molecular flexibility index (Phi) is 5.40. The summed E-state index contributed by atoms with van der Waals surface area (Å²) in [5, 5.41) is 0. The van der Waals surface area contributed by atoms with E-state index in [-0.39, 0.29) is 4.87 Å². The van der Waals surface area contributed by atoms with Crippen LogP contribution in [0.2, 0.25) is 0 Å². The number of piperidine rings is 2. The number of hydrogen-bond donors (Lipinski definition) is 1. The number of likely N-dealkylation sites (tertiary alicyclic amines) is 2. The van der Waals surface area contributed by atoms with E-state index in [0.717, 1.165) is 42.1 Å². The summed E-state index contributed by atoms with van der Waals surface area (Å²) < 4.78 is 11.7. The zero-order valence-corrected chi connectivity index (χ0v) is 17.0. The summed E-state index contributed by atoms with van der Waals surface area (Å²) in [7, 11) is 0. The highest BCUT2D eigenvalue weighted by Gasteiger charge is 2.38. The molecule has 0 bridgehead atoms. The molecular formula is C21H32N2O2S. The van der Waals surface area contributed by atoms with Crippen molar-refractivity contribution in [3.8, 4) is 11.5 Å². The number of fused-ring (bicyclic) bond motifs is 1. The van der Waals surface area contributed by atoms with Crippen LogP contribution in [0.15, 0.2) is 18.2 Å². The van der Waals surface area contributed by atoms with E-state index in [9.17, 15) is 0 Å². The molecule has 2 saturated heterocycles. The van der Waals surface area contributed by atoms with Crippen molar-refractivity contribution in [3.63, 3.8) is 0 Å². The molecule has 0 N–H and O–H groups in total. The SMILES string of the molecule is CC1CCN(C2CCN(C(C)(S)c3cccc4c3OCCO4)CC2)CC1. The highest BCUT2D eigenvalue weighted by molar-refractivity contribution is 7.81. The number of ether oxygens (including phenoxy) is 2. The molecule has 3 heterocycles. The lowest BCUT2D eigenvalue weighted by molar-refractivity contribution is 0.0571. The normalized spacial score (nSPS) is 25.8. The van der Waals surface area contributed by atoms with Gasteiger partial charge in [0.2, 0.25) is 0 Å². The summed E-state index contributed by atoms with van der Waals surface area (Å²) in [6, 6.07) is 6.93. The topological polar surface area (TPSA) is 24.9 Å². The molecule has 0 amide bonds. The Morgan fingerprint density at radius 1 is 1.00 bits per heavy atom. The first-order valence-corrected chi connectivity index (χ1v) is 10.6. The Bertz CT molecular complexity index is 620. The molecule has 0 radical (unpaired) electrons. The number of benzene rings is 1. The van der Waals surface area contributed by atoms with Gasteiger partial charge in [-0.3, -0.25) is 4.90 Å². The van der Waals surface area contributed by atoms with Gasteiger partial charge in [-0.25, -0.2) is 0 Å². The van der Waals surface area contributed by atoms with Gasteiger partial charge in [-0.05, 0) is 57.7 Å². The van der Waals surface area contributed by atoms with E-state index in [4.69, 9.17) is 22.1 Å². The molecule has 3 aliphatic heterocycles. The largest absolute Gasteiger partial charge is 0.486 e. The van der Waals surface area contributed by atoms with Crippen LogP contribution in [0.3, 0.4) is 0 Å². The predicted molar refractivity (Wildman–Crippen MR) is 108 cm³/mol. The molecule has 1 aromatic rings. The molecule has 2 fully saturated rings. The number of nitrogens with zero attached hydrogens (tertiary/aromatic N) is 2. The Hall–Kier alpha value is -0.910. The number of para-hydroxylation sites is 1. The Balaban J connectivity index is 1.44. The molecule has 5 heteroatoms. The summed E-state index contributed by atoms with van der Waals surface area (Å²) in [6.07, 6.45) is 5.18. The summed E-state index contributed by atoms with van der Waals surface area (Å²) in [6.45, 7) is 10.6. The smallest absolute Gasteiger partial charge is 0.167 e. The molecule has 0 aromatic heterocycles. The fourth-order valence-corrected chi connectivity index (χ4v) is 5.05. The molecule has 0 saturated carbocycles. The maximum Gasteiger partial charge on any atom is 0.167 e. The lowest BCUT2D eigenvalue weighted by Gasteiger charge is -2.46. The average Bonchev–Trinajstić information content (AvgIpc) is 2.68. The second kappa shape index (κ2) is 7.61. The first-order valence-electron chi connectivity index (χ1n) is 10.2. The van der Waals surface area contributed by atoms with Crippen LogP contribution in [0.25, 0.3) is 0 Å². The van der Waals surface area contributed by atoms with Crippen molar-refractivity contribution in [1.82, 2.24) is 9.80 Å². The van der Waals surface area contributed by atoms with Gasteiger partial charge in [0.1, 0.15) is 13.2 Å². The van der Waals surface area contributed by atoms with Gasteiger partial charge >= 0.3 is 0 Å². The van der Waals surface area contributed by atoms with Crippen LogP contribution in [0.1, 0.15) is 45.1 Å². The molecule has 4 rings (SSSR count). The minimum Gasteiger partial charge on any atom is -0.486 e. The third kappa shape index (κ3) is 3.58. The van der Waals surface area contributed by atoms with E-state index >= 15 is 0 Å². The van der Waals surface area contributed by atoms with E-state index in [0.29, 0.717) is 13.2 Å². The second-order valence-corrected chi connectivity index (χ2v) is 9.16. The van der Waals surface area contributed by atoms with Gasteiger partial charge in [0.15, 0.2) is 11.5 Å². The predicted octanol–water partition coefficient (Wildman–Crippen LogP) is 3.76. The number of hydrogen-bond acceptors (Lipinski definition) is 5. The molecule has 1 atom stereocenters. The monoisotopic (exact) mass is 376 g/mol.